The molecular formula is C22H30N2O. The van der Waals surface area contributed by atoms with Crippen molar-refractivity contribution in [1.82, 2.24) is 4.90 Å². The van der Waals surface area contributed by atoms with Gasteiger partial charge in [0.05, 0.1) is 5.60 Å². The van der Waals surface area contributed by atoms with Crippen molar-refractivity contribution in [2.45, 2.75) is 62.6 Å². The highest BCUT2D eigenvalue weighted by molar-refractivity contribution is 5.86. The molecule has 0 aromatic heterocycles. The van der Waals surface area contributed by atoms with Gasteiger partial charge < -0.3 is 10.8 Å². The van der Waals surface area contributed by atoms with Crippen LogP contribution in [0.4, 0.5) is 0 Å². The zero-order valence-corrected chi connectivity index (χ0v) is 15.0. The van der Waals surface area contributed by atoms with E-state index < -0.39 is 5.60 Å². The molecule has 3 heteroatoms. The molecule has 1 saturated heterocycles. The van der Waals surface area contributed by atoms with Gasteiger partial charge in [-0.05, 0) is 42.0 Å². The molecule has 134 valence electrons. The maximum Gasteiger partial charge on any atom is 0.0666 e. The second kappa shape index (κ2) is 7.06. The predicted octanol–water partition coefficient (Wildman–Crippen LogP) is 4.00. The molecule has 2 aromatic rings. The first-order chi connectivity index (χ1) is 12.1. The molecule has 1 aliphatic carbocycles. The molecule has 0 spiro atoms. The minimum absolute atomic E-state index is 0.253. The van der Waals surface area contributed by atoms with Crippen molar-refractivity contribution in [2.75, 3.05) is 13.1 Å². The Balaban J connectivity index is 1.71. The molecule has 2 aromatic carbocycles. The first-order valence-electron chi connectivity index (χ1n) is 9.84. The monoisotopic (exact) mass is 338 g/mol. The van der Waals surface area contributed by atoms with E-state index in [2.05, 4.69) is 47.4 Å². The van der Waals surface area contributed by atoms with Crippen LogP contribution in [-0.2, 0) is 0 Å². The smallest absolute Gasteiger partial charge is 0.0666 e. The van der Waals surface area contributed by atoms with E-state index in [0.717, 1.165) is 51.6 Å². The van der Waals surface area contributed by atoms with Gasteiger partial charge in [-0.2, -0.15) is 0 Å². The number of rotatable bonds is 4. The van der Waals surface area contributed by atoms with Crippen LogP contribution in [0.3, 0.4) is 0 Å². The lowest BCUT2D eigenvalue weighted by Crippen LogP contribution is -2.39. The fourth-order valence-corrected chi connectivity index (χ4v) is 4.85. The van der Waals surface area contributed by atoms with E-state index in [0.29, 0.717) is 0 Å². The topological polar surface area (TPSA) is 49.5 Å². The highest BCUT2D eigenvalue weighted by Crippen LogP contribution is 2.41. The number of benzene rings is 2. The zero-order chi connectivity index (χ0) is 17.3. The van der Waals surface area contributed by atoms with Gasteiger partial charge in [-0.3, -0.25) is 4.90 Å². The van der Waals surface area contributed by atoms with Crippen LogP contribution in [0.5, 0.6) is 0 Å². The first-order valence-corrected chi connectivity index (χ1v) is 9.84. The summed E-state index contributed by atoms with van der Waals surface area (Å²) in [5.74, 6) is 0. The molecule has 1 saturated carbocycles. The number of nitrogens with two attached hydrogens (primary N) is 1. The van der Waals surface area contributed by atoms with Crippen molar-refractivity contribution >= 4 is 10.8 Å². The summed E-state index contributed by atoms with van der Waals surface area (Å²) in [4.78, 5) is 2.51. The van der Waals surface area contributed by atoms with Gasteiger partial charge in [0.1, 0.15) is 0 Å². The molecule has 25 heavy (non-hydrogen) atoms. The molecule has 2 aliphatic rings. The minimum atomic E-state index is -0.521. The largest absolute Gasteiger partial charge is 0.390 e. The molecule has 2 atom stereocenters. The van der Waals surface area contributed by atoms with E-state index in [1.807, 2.05) is 0 Å². The summed E-state index contributed by atoms with van der Waals surface area (Å²) in [6.45, 7) is 1.97. The Labute approximate surface area is 150 Å². The van der Waals surface area contributed by atoms with E-state index >= 15 is 0 Å². The average Bonchev–Trinajstić information content (AvgIpc) is 3.06. The number of nitrogens with zero attached hydrogens (tertiary/aromatic N) is 1. The highest BCUT2D eigenvalue weighted by atomic mass is 16.3. The molecular weight excluding hydrogens is 308 g/mol. The van der Waals surface area contributed by atoms with Crippen LogP contribution in [0.25, 0.3) is 10.8 Å². The summed E-state index contributed by atoms with van der Waals surface area (Å²) in [6, 6.07) is 15.7. The van der Waals surface area contributed by atoms with E-state index in [4.69, 9.17) is 5.73 Å². The minimum Gasteiger partial charge on any atom is -0.390 e. The second-order valence-electron chi connectivity index (χ2n) is 8.12. The molecule has 4 rings (SSSR count). The third-order valence-corrected chi connectivity index (χ3v) is 6.24. The van der Waals surface area contributed by atoms with Crippen LogP contribution >= 0.6 is 0 Å². The number of aliphatic hydroxyl groups is 1. The summed E-state index contributed by atoms with van der Waals surface area (Å²) in [7, 11) is 0. The van der Waals surface area contributed by atoms with Gasteiger partial charge in [0.2, 0.25) is 0 Å². The van der Waals surface area contributed by atoms with Crippen molar-refractivity contribution in [1.29, 1.82) is 0 Å². The Morgan fingerprint density at radius 3 is 2.60 bits per heavy atom. The molecule has 1 aliphatic heterocycles. The van der Waals surface area contributed by atoms with Crippen molar-refractivity contribution in [3.05, 3.63) is 48.0 Å². The van der Waals surface area contributed by atoms with Crippen LogP contribution in [0.2, 0.25) is 0 Å². The van der Waals surface area contributed by atoms with Gasteiger partial charge in [-0.25, -0.2) is 0 Å². The second-order valence-corrected chi connectivity index (χ2v) is 8.12. The van der Waals surface area contributed by atoms with Gasteiger partial charge in [0.25, 0.3) is 0 Å². The lowest BCUT2D eigenvalue weighted by Gasteiger charge is -2.39. The standard InChI is InChI=1S/C22H30N2O/c23-18-11-14-24(16-18)21(15-22(25)12-4-1-5-13-22)20-10-6-8-17-7-2-3-9-19(17)20/h2-3,6-10,18,21,25H,1,4-5,11-16,23H2. The molecule has 3 N–H and O–H groups in total. The summed E-state index contributed by atoms with van der Waals surface area (Å²) >= 11 is 0. The van der Waals surface area contributed by atoms with E-state index in [1.54, 1.807) is 0 Å². The van der Waals surface area contributed by atoms with Crippen molar-refractivity contribution in [2.24, 2.45) is 5.73 Å². The number of likely N-dealkylation sites (tertiary alicyclic amines) is 1. The third-order valence-electron chi connectivity index (χ3n) is 6.24. The van der Waals surface area contributed by atoms with E-state index in [-0.39, 0.29) is 12.1 Å². The summed E-state index contributed by atoms with van der Waals surface area (Å²) in [6.07, 6.45) is 7.32. The van der Waals surface area contributed by atoms with Gasteiger partial charge in [-0.15, -0.1) is 0 Å². The van der Waals surface area contributed by atoms with Crippen molar-refractivity contribution in [3.8, 4) is 0 Å². The van der Waals surface area contributed by atoms with E-state index in [9.17, 15) is 5.11 Å². The van der Waals surface area contributed by atoms with Crippen LogP contribution in [0.1, 0.15) is 56.6 Å². The van der Waals surface area contributed by atoms with Gasteiger partial charge in [-0.1, -0.05) is 61.7 Å². The lowest BCUT2D eigenvalue weighted by molar-refractivity contribution is -0.0254. The predicted molar refractivity (Wildman–Crippen MR) is 104 cm³/mol. The molecule has 2 fully saturated rings. The average molecular weight is 338 g/mol. The quantitative estimate of drug-likeness (QED) is 0.886. The SMILES string of the molecule is NC1CCN(C(CC2(O)CCCCC2)c2cccc3ccccc23)C1. The Morgan fingerprint density at radius 2 is 1.84 bits per heavy atom. The number of hydrogen-bond acceptors (Lipinski definition) is 3. The Bertz CT molecular complexity index is 718. The normalized spacial score (nSPS) is 25.3. The maximum atomic E-state index is 11.2. The number of hydrogen-bond donors (Lipinski definition) is 2. The van der Waals surface area contributed by atoms with Crippen LogP contribution in [0, 0.1) is 0 Å². The molecule has 2 unspecified atom stereocenters. The molecule has 1 heterocycles. The van der Waals surface area contributed by atoms with Gasteiger partial charge in [0.15, 0.2) is 0 Å². The fraction of sp³-hybridized carbons (Fsp3) is 0.545. The van der Waals surface area contributed by atoms with Crippen LogP contribution in [0.15, 0.2) is 42.5 Å². The zero-order valence-electron chi connectivity index (χ0n) is 15.0. The summed E-state index contributed by atoms with van der Waals surface area (Å²) < 4.78 is 0. The summed E-state index contributed by atoms with van der Waals surface area (Å²) in [5.41, 5.74) is 7.05. The number of fused-ring (bicyclic) bond motifs is 1. The van der Waals surface area contributed by atoms with E-state index in [1.165, 1.54) is 22.8 Å². The highest BCUT2D eigenvalue weighted by Gasteiger charge is 2.37. The van der Waals surface area contributed by atoms with Crippen molar-refractivity contribution < 1.29 is 5.11 Å². The van der Waals surface area contributed by atoms with Gasteiger partial charge >= 0.3 is 0 Å². The molecule has 0 bridgehead atoms. The Morgan fingerprint density at radius 1 is 1.08 bits per heavy atom. The Hall–Kier alpha value is -1.42. The molecule has 3 nitrogen and oxygen atoms in total. The fourth-order valence-electron chi connectivity index (χ4n) is 4.85. The van der Waals surface area contributed by atoms with Crippen LogP contribution < -0.4 is 5.73 Å². The summed E-state index contributed by atoms with van der Waals surface area (Å²) in [5, 5.41) is 13.8. The Kier molecular flexibility index (Phi) is 4.81. The van der Waals surface area contributed by atoms with Gasteiger partial charge in [0, 0.05) is 25.2 Å². The van der Waals surface area contributed by atoms with Crippen molar-refractivity contribution in [3.63, 3.8) is 0 Å². The van der Waals surface area contributed by atoms with Crippen LogP contribution in [-0.4, -0.2) is 34.7 Å². The maximum absolute atomic E-state index is 11.2. The third kappa shape index (κ3) is 3.59. The first kappa shape index (κ1) is 17.0. The molecule has 0 amide bonds. The lowest BCUT2D eigenvalue weighted by atomic mass is 9.78. The molecule has 0 radical (unpaired) electrons.